The van der Waals surface area contributed by atoms with Crippen LogP contribution in [0.3, 0.4) is 0 Å². The number of anilines is 2. The lowest BCUT2D eigenvalue weighted by atomic mass is 9.90. The van der Waals surface area contributed by atoms with Crippen LogP contribution in [0, 0.1) is 0 Å². The highest BCUT2D eigenvalue weighted by atomic mass is 16.6. The number of morpholine rings is 1. The van der Waals surface area contributed by atoms with Gasteiger partial charge in [-0.15, -0.1) is 0 Å². The van der Waals surface area contributed by atoms with Crippen molar-refractivity contribution in [2.24, 2.45) is 0 Å². The van der Waals surface area contributed by atoms with Crippen molar-refractivity contribution in [1.82, 2.24) is 25.5 Å². The number of hydrogen-bond donors (Lipinski definition) is 4. The molecular weight excluding hydrogens is 578 g/mol. The number of H-pyrrole nitrogens is 1. The van der Waals surface area contributed by atoms with Gasteiger partial charge in [-0.1, -0.05) is 12.1 Å². The Morgan fingerprint density at radius 1 is 0.956 bits per heavy atom. The second-order valence-electron chi connectivity index (χ2n) is 12.4. The van der Waals surface area contributed by atoms with Crippen molar-refractivity contribution in [3.8, 4) is 11.3 Å². The number of hydrazine groups is 1. The fourth-order valence-corrected chi connectivity index (χ4v) is 5.94. The summed E-state index contributed by atoms with van der Waals surface area (Å²) in [6.45, 7) is 8.66. The number of piperidine rings is 1. The van der Waals surface area contributed by atoms with Gasteiger partial charge in [-0.3, -0.25) is 25.4 Å². The van der Waals surface area contributed by atoms with Crippen molar-refractivity contribution >= 4 is 35.2 Å². The molecule has 6 rings (SSSR count). The molecule has 0 bridgehead atoms. The zero-order valence-electron chi connectivity index (χ0n) is 25.6. The Bertz CT molecular complexity index is 1610. The number of urea groups is 1. The van der Waals surface area contributed by atoms with Gasteiger partial charge in [-0.2, -0.15) is 5.10 Å². The average Bonchev–Trinajstić information content (AvgIpc) is 3.57. The van der Waals surface area contributed by atoms with Crippen LogP contribution >= 0.6 is 0 Å². The average molecular weight is 616 g/mol. The number of ether oxygens (including phenoxy) is 2. The molecule has 0 unspecified atom stereocenters. The van der Waals surface area contributed by atoms with Gasteiger partial charge >= 0.3 is 12.1 Å². The van der Waals surface area contributed by atoms with E-state index in [4.69, 9.17) is 9.47 Å². The highest BCUT2D eigenvalue weighted by molar-refractivity contribution is 6.25. The first kappa shape index (κ1) is 30.3. The van der Waals surface area contributed by atoms with Crippen molar-refractivity contribution in [2.75, 3.05) is 50.0 Å². The van der Waals surface area contributed by atoms with E-state index in [2.05, 4.69) is 26.3 Å². The Balaban J connectivity index is 1.08. The maximum absolute atomic E-state index is 13.8. The number of carbonyl (C=O) groups excluding carboxylic acids is 4. The number of amides is 4. The molecule has 2 aliphatic heterocycles. The first-order valence-corrected chi connectivity index (χ1v) is 15.1. The SMILES string of the molecule is CC(C)(C)OC(=O)Nc1ccc(C(=O)N2CCC(c3[nH]nc4c3C(=O)c3c(NC(=O)NN5CCOCC5)cccc3-4)CC2)cc1. The Labute approximate surface area is 260 Å². The van der Waals surface area contributed by atoms with Crippen LogP contribution in [0.5, 0.6) is 0 Å². The Kier molecular flexibility index (Phi) is 8.30. The van der Waals surface area contributed by atoms with E-state index in [1.54, 1.807) is 67.1 Å². The predicted molar refractivity (Wildman–Crippen MR) is 166 cm³/mol. The van der Waals surface area contributed by atoms with E-state index in [0.717, 1.165) is 5.69 Å². The molecule has 236 valence electrons. The van der Waals surface area contributed by atoms with Gasteiger partial charge in [0.25, 0.3) is 5.91 Å². The lowest BCUT2D eigenvalue weighted by Crippen LogP contribution is -2.49. The number of rotatable bonds is 5. The van der Waals surface area contributed by atoms with Gasteiger partial charge in [0, 0.05) is 48.9 Å². The van der Waals surface area contributed by atoms with Crippen LogP contribution in [0.1, 0.15) is 71.5 Å². The van der Waals surface area contributed by atoms with Crippen molar-refractivity contribution in [3.05, 3.63) is 64.8 Å². The van der Waals surface area contributed by atoms with Crippen molar-refractivity contribution in [3.63, 3.8) is 0 Å². The van der Waals surface area contributed by atoms with Crippen LogP contribution in [0.25, 0.3) is 11.3 Å². The summed E-state index contributed by atoms with van der Waals surface area (Å²) in [7, 11) is 0. The van der Waals surface area contributed by atoms with Crippen molar-refractivity contribution in [2.45, 2.75) is 45.1 Å². The largest absolute Gasteiger partial charge is 0.444 e. The van der Waals surface area contributed by atoms with Gasteiger partial charge in [0.1, 0.15) is 11.3 Å². The van der Waals surface area contributed by atoms with Gasteiger partial charge in [0.15, 0.2) is 5.78 Å². The number of carbonyl (C=O) groups is 4. The molecule has 13 heteroatoms. The number of nitrogens with one attached hydrogen (secondary N) is 4. The molecule has 3 heterocycles. The topological polar surface area (TPSA) is 158 Å². The van der Waals surface area contributed by atoms with Crippen LogP contribution < -0.4 is 16.1 Å². The fraction of sp³-hybridized carbons (Fsp3) is 0.406. The summed E-state index contributed by atoms with van der Waals surface area (Å²) in [6, 6.07) is 11.7. The van der Waals surface area contributed by atoms with Crippen LogP contribution in [0.15, 0.2) is 42.5 Å². The third-order valence-corrected chi connectivity index (χ3v) is 8.05. The molecule has 1 aliphatic carbocycles. The Morgan fingerprint density at radius 3 is 2.36 bits per heavy atom. The van der Waals surface area contributed by atoms with E-state index in [9.17, 15) is 19.2 Å². The van der Waals surface area contributed by atoms with Crippen LogP contribution in [0.2, 0.25) is 0 Å². The molecule has 3 aliphatic rings. The van der Waals surface area contributed by atoms with E-state index < -0.39 is 17.7 Å². The van der Waals surface area contributed by atoms with Gasteiger partial charge in [0.05, 0.1) is 35.7 Å². The lowest BCUT2D eigenvalue weighted by molar-refractivity contribution is 0.0207. The monoisotopic (exact) mass is 615 g/mol. The molecule has 4 amide bonds. The van der Waals surface area contributed by atoms with Crippen molar-refractivity contribution in [1.29, 1.82) is 0 Å². The molecule has 3 aromatic rings. The maximum atomic E-state index is 13.8. The first-order valence-electron chi connectivity index (χ1n) is 15.1. The number of aromatic nitrogens is 2. The van der Waals surface area contributed by atoms with Crippen LogP contribution in [-0.4, -0.2) is 88.9 Å². The minimum Gasteiger partial charge on any atom is -0.444 e. The summed E-state index contributed by atoms with van der Waals surface area (Å²) in [6.07, 6.45) is 0.766. The van der Waals surface area contributed by atoms with Gasteiger partial charge < -0.3 is 19.7 Å². The van der Waals surface area contributed by atoms with E-state index in [0.29, 0.717) is 91.6 Å². The summed E-state index contributed by atoms with van der Waals surface area (Å²) in [5.41, 5.74) is 6.68. The highest BCUT2D eigenvalue weighted by Gasteiger charge is 2.38. The normalized spacial score (nSPS) is 17.0. The number of aromatic amines is 1. The van der Waals surface area contributed by atoms with E-state index in [1.165, 1.54) is 0 Å². The standard InChI is InChI=1S/C32H37N7O6/c1-32(2,3)45-31(43)33-21-9-7-20(8-10-21)29(41)38-13-11-19(12-14-38)26-25-27(36-35-26)22-5-4-6-23(24(22)28(25)40)34-30(42)37-39-15-17-44-18-16-39/h4-10,19H,11-18H2,1-3H3,(H,33,43)(H,35,36)(H2,34,37,42). The molecule has 2 aromatic carbocycles. The molecule has 4 N–H and O–H groups in total. The van der Waals surface area contributed by atoms with Crippen molar-refractivity contribution < 1.29 is 28.7 Å². The zero-order chi connectivity index (χ0) is 31.7. The number of hydrogen-bond acceptors (Lipinski definition) is 8. The summed E-state index contributed by atoms with van der Waals surface area (Å²) in [4.78, 5) is 53.6. The molecular formula is C32H37N7O6. The molecule has 2 saturated heterocycles. The quantitative estimate of drug-likeness (QED) is 0.258. The summed E-state index contributed by atoms with van der Waals surface area (Å²) < 4.78 is 10.6. The van der Waals surface area contributed by atoms with Crippen LogP contribution in [0.4, 0.5) is 21.0 Å². The lowest BCUT2D eigenvalue weighted by Gasteiger charge is -2.32. The van der Waals surface area contributed by atoms with E-state index in [1.807, 2.05) is 6.07 Å². The van der Waals surface area contributed by atoms with Gasteiger partial charge in [-0.25, -0.2) is 14.6 Å². The summed E-state index contributed by atoms with van der Waals surface area (Å²) in [5.74, 6) is -0.253. The third-order valence-electron chi connectivity index (χ3n) is 8.05. The molecule has 0 atom stereocenters. The number of benzene rings is 2. The fourth-order valence-electron chi connectivity index (χ4n) is 5.94. The number of likely N-dealkylation sites (tertiary alicyclic amines) is 1. The molecule has 0 spiro atoms. The van der Waals surface area contributed by atoms with E-state index >= 15 is 0 Å². The molecule has 13 nitrogen and oxygen atoms in total. The highest BCUT2D eigenvalue weighted by Crippen LogP contribution is 2.43. The number of nitrogens with zero attached hydrogens (tertiary/aromatic N) is 3. The number of ketones is 1. The second-order valence-corrected chi connectivity index (χ2v) is 12.4. The minimum absolute atomic E-state index is 0.0185. The van der Waals surface area contributed by atoms with Crippen LogP contribution in [-0.2, 0) is 9.47 Å². The first-order chi connectivity index (χ1) is 21.6. The minimum atomic E-state index is -0.610. The Hall–Kier alpha value is -4.75. The summed E-state index contributed by atoms with van der Waals surface area (Å²) in [5, 5.41) is 14.9. The maximum Gasteiger partial charge on any atom is 0.412 e. The molecule has 45 heavy (non-hydrogen) atoms. The van der Waals surface area contributed by atoms with E-state index in [-0.39, 0.29) is 17.6 Å². The van der Waals surface area contributed by atoms with Gasteiger partial charge in [0.2, 0.25) is 0 Å². The zero-order valence-corrected chi connectivity index (χ0v) is 25.6. The molecule has 0 saturated carbocycles. The molecule has 0 radical (unpaired) electrons. The Morgan fingerprint density at radius 2 is 1.67 bits per heavy atom. The van der Waals surface area contributed by atoms with Gasteiger partial charge in [-0.05, 0) is 63.9 Å². The molecule has 1 aromatic heterocycles. The summed E-state index contributed by atoms with van der Waals surface area (Å²) >= 11 is 0. The number of fused-ring (bicyclic) bond motifs is 3. The predicted octanol–water partition coefficient (Wildman–Crippen LogP) is 4.36. The second kappa shape index (κ2) is 12.3. The third kappa shape index (κ3) is 6.54. The smallest absolute Gasteiger partial charge is 0.412 e. The molecule has 2 fully saturated rings.